The van der Waals surface area contributed by atoms with Gasteiger partial charge in [-0.3, -0.25) is 4.79 Å². The zero-order valence-corrected chi connectivity index (χ0v) is 14.3. The molecule has 3 aromatic heterocycles. The average molecular weight is 341 g/mol. The monoisotopic (exact) mass is 341 g/mol. The van der Waals surface area contributed by atoms with E-state index < -0.39 is 0 Å². The van der Waals surface area contributed by atoms with E-state index in [1.165, 1.54) is 0 Å². The number of hydrogen-bond acceptors (Lipinski definition) is 4. The molecule has 4 heterocycles. The van der Waals surface area contributed by atoms with E-state index in [2.05, 4.69) is 4.98 Å². The van der Waals surface area contributed by atoms with Crippen molar-refractivity contribution in [2.24, 2.45) is 0 Å². The fraction of sp³-hybridized carbons (Fsp3) is 0.333. The zero-order chi connectivity index (χ0) is 16.7. The third-order valence-electron chi connectivity index (χ3n) is 4.54. The van der Waals surface area contributed by atoms with Crippen LogP contribution in [-0.4, -0.2) is 44.5 Å². The van der Waals surface area contributed by atoms with Gasteiger partial charge in [-0.25, -0.2) is 4.98 Å². The Morgan fingerprint density at radius 3 is 2.83 bits per heavy atom. The number of likely N-dealkylation sites (tertiary alicyclic amines) is 1. The number of hydrogen-bond donors (Lipinski definition) is 1. The maximum Gasteiger partial charge on any atom is 0.256 e. The number of piperidine rings is 1. The summed E-state index contributed by atoms with van der Waals surface area (Å²) in [6.45, 7) is 3.19. The van der Waals surface area contributed by atoms with Crippen molar-refractivity contribution in [1.82, 2.24) is 14.3 Å². The number of aromatic nitrogens is 2. The first-order valence-corrected chi connectivity index (χ1v) is 9.01. The molecule has 0 bridgehead atoms. The summed E-state index contributed by atoms with van der Waals surface area (Å²) < 4.78 is 2.03. The quantitative estimate of drug-likeness (QED) is 0.780. The molecule has 0 atom stereocenters. The van der Waals surface area contributed by atoms with E-state index in [0.717, 1.165) is 21.9 Å². The van der Waals surface area contributed by atoms with Crippen molar-refractivity contribution in [2.75, 3.05) is 13.1 Å². The summed E-state index contributed by atoms with van der Waals surface area (Å²) in [5, 5.41) is 12.7. The maximum absolute atomic E-state index is 13.0. The molecule has 5 nitrogen and oxygen atoms in total. The lowest BCUT2D eigenvalue weighted by atomic mass is 10.1. The van der Waals surface area contributed by atoms with Crippen LogP contribution in [0, 0.1) is 6.92 Å². The number of carbonyl (C=O) groups excluding carboxylic acids is 1. The number of rotatable bonds is 2. The van der Waals surface area contributed by atoms with Gasteiger partial charge in [0.2, 0.25) is 0 Å². The Morgan fingerprint density at radius 2 is 2.12 bits per heavy atom. The Hall–Kier alpha value is -2.18. The molecule has 0 saturated carbocycles. The highest BCUT2D eigenvalue weighted by molar-refractivity contribution is 7.09. The highest BCUT2D eigenvalue weighted by atomic mass is 32.1. The van der Waals surface area contributed by atoms with Crippen molar-refractivity contribution in [3.8, 4) is 11.4 Å². The van der Waals surface area contributed by atoms with Crippen LogP contribution in [0.1, 0.15) is 28.2 Å². The van der Waals surface area contributed by atoms with Gasteiger partial charge in [-0.05, 0) is 38.0 Å². The highest BCUT2D eigenvalue weighted by Gasteiger charge is 2.25. The van der Waals surface area contributed by atoms with Crippen molar-refractivity contribution in [3.05, 3.63) is 46.4 Å². The second-order valence-corrected chi connectivity index (χ2v) is 7.24. The molecule has 1 fully saturated rings. The molecule has 24 heavy (non-hydrogen) atoms. The van der Waals surface area contributed by atoms with Gasteiger partial charge in [0.25, 0.3) is 5.91 Å². The lowest BCUT2D eigenvalue weighted by Gasteiger charge is -2.29. The summed E-state index contributed by atoms with van der Waals surface area (Å²) in [4.78, 5) is 19.4. The van der Waals surface area contributed by atoms with Gasteiger partial charge >= 0.3 is 0 Å². The molecular formula is C18H19N3O2S. The third-order valence-corrected chi connectivity index (χ3v) is 5.31. The van der Waals surface area contributed by atoms with Crippen molar-refractivity contribution >= 4 is 22.8 Å². The van der Waals surface area contributed by atoms with E-state index >= 15 is 0 Å². The number of amides is 1. The van der Waals surface area contributed by atoms with Gasteiger partial charge in [0.05, 0.1) is 33.6 Å². The second-order valence-electron chi connectivity index (χ2n) is 6.17. The average Bonchev–Trinajstić information content (AvgIpc) is 3.18. The summed E-state index contributed by atoms with van der Waals surface area (Å²) in [6.07, 6.45) is 2.98. The molecule has 0 radical (unpaired) electrons. The van der Waals surface area contributed by atoms with E-state index in [1.807, 2.05) is 52.1 Å². The summed E-state index contributed by atoms with van der Waals surface area (Å²) in [6, 6.07) is 7.81. The number of nitrogens with zero attached hydrogens (tertiary/aromatic N) is 3. The van der Waals surface area contributed by atoms with Crippen LogP contribution in [0.5, 0.6) is 0 Å². The Kier molecular flexibility index (Phi) is 3.86. The normalized spacial score (nSPS) is 16.0. The van der Waals surface area contributed by atoms with E-state index in [0.29, 0.717) is 31.5 Å². The van der Waals surface area contributed by atoms with Crippen LogP contribution >= 0.6 is 11.3 Å². The zero-order valence-electron chi connectivity index (χ0n) is 13.5. The maximum atomic E-state index is 13.0. The SMILES string of the molecule is Cc1nc(-c2cc(C(=O)N3CCC(O)CC3)c3ccccn23)cs1. The number of aryl methyl sites for hydroxylation is 1. The molecule has 1 amide bonds. The molecule has 0 spiro atoms. The predicted octanol–water partition coefficient (Wildman–Crippen LogP) is 2.97. The summed E-state index contributed by atoms with van der Waals surface area (Å²) in [7, 11) is 0. The molecule has 0 unspecified atom stereocenters. The number of fused-ring (bicyclic) bond motifs is 1. The number of aliphatic hydroxyl groups excluding tert-OH is 1. The Bertz CT molecular complexity index is 891. The predicted molar refractivity (Wildman–Crippen MR) is 94.4 cm³/mol. The molecule has 1 N–H and O–H groups in total. The number of carbonyl (C=O) groups is 1. The molecule has 1 aliphatic rings. The second kappa shape index (κ2) is 6.03. The molecule has 1 saturated heterocycles. The van der Waals surface area contributed by atoms with Crippen LogP contribution in [0.3, 0.4) is 0 Å². The van der Waals surface area contributed by atoms with Gasteiger partial charge < -0.3 is 14.4 Å². The van der Waals surface area contributed by atoms with Crippen molar-refractivity contribution in [2.45, 2.75) is 25.9 Å². The first-order valence-electron chi connectivity index (χ1n) is 8.13. The first-order chi connectivity index (χ1) is 11.6. The molecule has 0 aromatic carbocycles. The van der Waals surface area contributed by atoms with Crippen LogP contribution in [0.25, 0.3) is 16.9 Å². The smallest absolute Gasteiger partial charge is 0.256 e. The number of thiazole rings is 1. The molecule has 124 valence electrons. The van der Waals surface area contributed by atoms with Gasteiger partial charge in [0, 0.05) is 24.7 Å². The minimum Gasteiger partial charge on any atom is -0.393 e. The number of aliphatic hydroxyl groups is 1. The Labute approximate surface area is 144 Å². The molecule has 1 aliphatic heterocycles. The summed E-state index contributed by atoms with van der Waals surface area (Å²) >= 11 is 1.61. The molecule has 4 rings (SSSR count). The standard InChI is InChI=1S/C18H19N3O2S/c1-12-19-15(11-24-12)17-10-14(16-4-2-3-7-21(16)17)18(23)20-8-5-13(22)6-9-20/h2-4,7,10-11,13,22H,5-6,8-9H2,1H3. The lowest BCUT2D eigenvalue weighted by Crippen LogP contribution is -2.40. The van der Waals surface area contributed by atoms with E-state index in [-0.39, 0.29) is 12.0 Å². The first kappa shape index (κ1) is 15.4. The van der Waals surface area contributed by atoms with E-state index in [1.54, 1.807) is 11.3 Å². The molecule has 0 aliphatic carbocycles. The van der Waals surface area contributed by atoms with Gasteiger partial charge in [-0.15, -0.1) is 11.3 Å². The lowest BCUT2D eigenvalue weighted by molar-refractivity contribution is 0.0548. The molecular weight excluding hydrogens is 322 g/mol. The minimum absolute atomic E-state index is 0.0313. The van der Waals surface area contributed by atoms with E-state index in [9.17, 15) is 9.90 Å². The van der Waals surface area contributed by atoms with Crippen LogP contribution in [0.2, 0.25) is 0 Å². The molecule has 6 heteroatoms. The van der Waals surface area contributed by atoms with Gasteiger partial charge in [0.1, 0.15) is 0 Å². The molecule has 3 aromatic rings. The third kappa shape index (κ3) is 2.61. The van der Waals surface area contributed by atoms with Crippen LogP contribution in [0.15, 0.2) is 35.8 Å². The highest BCUT2D eigenvalue weighted by Crippen LogP contribution is 2.28. The minimum atomic E-state index is -0.284. The van der Waals surface area contributed by atoms with Gasteiger partial charge in [-0.2, -0.15) is 0 Å². The van der Waals surface area contributed by atoms with Crippen molar-refractivity contribution in [1.29, 1.82) is 0 Å². The summed E-state index contributed by atoms with van der Waals surface area (Å²) in [5.41, 5.74) is 3.43. The van der Waals surface area contributed by atoms with Crippen LogP contribution in [0.4, 0.5) is 0 Å². The van der Waals surface area contributed by atoms with Crippen molar-refractivity contribution < 1.29 is 9.90 Å². The van der Waals surface area contributed by atoms with Gasteiger partial charge in [-0.1, -0.05) is 6.07 Å². The van der Waals surface area contributed by atoms with Crippen molar-refractivity contribution in [3.63, 3.8) is 0 Å². The Balaban J connectivity index is 1.77. The van der Waals surface area contributed by atoms with Crippen LogP contribution < -0.4 is 0 Å². The summed E-state index contributed by atoms with van der Waals surface area (Å²) in [5.74, 6) is 0.0313. The fourth-order valence-corrected chi connectivity index (χ4v) is 3.85. The van der Waals surface area contributed by atoms with Gasteiger partial charge in [0.15, 0.2) is 0 Å². The number of pyridine rings is 1. The van der Waals surface area contributed by atoms with E-state index in [4.69, 9.17) is 0 Å². The fourth-order valence-electron chi connectivity index (χ4n) is 3.24. The van der Waals surface area contributed by atoms with Crippen LogP contribution in [-0.2, 0) is 0 Å². The Morgan fingerprint density at radius 1 is 1.33 bits per heavy atom. The largest absolute Gasteiger partial charge is 0.393 e. The topological polar surface area (TPSA) is 57.8 Å².